The Bertz CT molecular complexity index is 1460. The highest BCUT2D eigenvalue weighted by atomic mass is 16.2. The fourth-order valence-electron chi connectivity index (χ4n) is 4.74. The minimum atomic E-state index is -0.227. The second-order valence-electron chi connectivity index (χ2n) is 9.62. The zero-order valence-corrected chi connectivity index (χ0v) is 20.3. The van der Waals surface area contributed by atoms with Crippen LogP contribution in [-0.4, -0.2) is 21.2 Å². The van der Waals surface area contributed by atoms with E-state index < -0.39 is 0 Å². The number of aryl methyl sites for hydroxylation is 1. The predicted octanol–water partition coefficient (Wildman–Crippen LogP) is 5.60. The number of fused-ring (bicyclic) bond motifs is 1. The van der Waals surface area contributed by atoms with Gasteiger partial charge in [-0.15, -0.1) is 0 Å². The molecule has 5 rings (SSSR count). The summed E-state index contributed by atoms with van der Waals surface area (Å²) in [6.07, 6.45) is 5.19. The molecule has 0 atom stereocenters. The smallest absolute Gasteiger partial charge is 0.319 e. The molecule has 0 bridgehead atoms. The maximum absolute atomic E-state index is 12.7. The van der Waals surface area contributed by atoms with Crippen molar-refractivity contribution in [3.05, 3.63) is 76.7 Å². The van der Waals surface area contributed by atoms with Gasteiger partial charge in [0, 0.05) is 40.5 Å². The van der Waals surface area contributed by atoms with E-state index in [4.69, 9.17) is 5.73 Å². The number of anilines is 2. The first-order valence-corrected chi connectivity index (χ1v) is 12.1. The van der Waals surface area contributed by atoms with Gasteiger partial charge in [0.15, 0.2) is 0 Å². The van der Waals surface area contributed by atoms with E-state index in [0.717, 1.165) is 52.1 Å². The lowest BCUT2D eigenvalue weighted by Gasteiger charge is -2.30. The first-order chi connectivity index (χ1) is 16.8. The van der Waals surface area contributed by atoms with Crippen LogP contribution >= 0.6 is 0 Å². The van der Waals surface area contributed by atoms with E-state index in [2.05, 4.69) is 21.3 Å². The van der Waals surface area contributed by atoms with Crippen molar-refractivity contribution in [2.75, 3.05) is 11.1 Å². The SMILES string of the molecule is Cc1cccn(-c2ccc3c(N)c(-c4ccc(NC(=O)NC(C)C)cc4)n(C4CCC4)c3c2)c1=O. The number of nitrogen functional groups attached to an aromatic ring is 1. The Morgan fingerprint density at radius 3 is 2.49 bits per heavy atom. The van der Waals surface area contributed by atoms with Crippen LogP contribution in [0, 0.1) is 6.92 Å². The highest BCUT2D eigenvalue weighted by Crippen LogP contribution is 2.44. The number of pyridine rings is 1. The summed E-state index contributed by atoms with van der Waals surface area (Å²) in [5.74, 6) is 0. The topological polar surface area (TPSA) is 94.1 Å². The van der Waals surface area contributed by atoms with Crippen LogP contribution in [0.3, 0.4) is 0 Å². The number of nitrogens with two attached hydrogens (primary N) is 1. The van der Waals surface area contributed by atoms with Crippen molar-refractivity contribution in [3.63, 3.8) is 0 Å². The average molecular weight is 470 g/mol. The molecule has 7 nitrogen and oxygen atoms in total. The third-order valence-corrected chi connectivity index (χ3v) is 6.72. The maximum atomic E-state index is 12.7. The molecule has 7 heteroatoms. The number of hydrogen-bond acceptors (Lipinski definition) is 3. The lowest BCUT2D eigenvalue weighted by Crippen LogP contribution is -2.34. The van der Waals surface area contributed by atoms with Crippen LogP contribution in [0.5, 0.6) is 0 Å². The summed E-state index contributed by atoms with van der Waals surface area (Å²) in [7, 11) is 0. The molecule has 2 aromatic carbocycles. The highest BCUT2D eigenvalue weighted by molar-refractivity contribution is 6.02. The Balaban J connectivity index is 1.59. The standard InChI is InChI=1S/C28H31N5O2/c1-17(2)30-28(35)31-20-11-9-19(10-12-20)26-25(29)23-14-13-22(32-15-5-6-18(3)27(32)34)16-24(23)33(26)21-7-4-8-21/h5-6,9-17,21H,4,7-8,29H2,1-3H3,(H2,30,31,35). The number of nitrogens with zero attached hydrogens (tertiary/aromatic N) is 2. The predicted molar refractivity (Wildman–Crippen MR) is 142 cm³/mol. The first-order valence-electron chi connectivity index (χ1n) is 12.1. The van der Waals surface area contributed by atoms with Crippen molar-refractivity contribution in [2.24, 2.45) is 0 Å². The highest BCUT2D eigenvalue weighted by Gasteiger charge is 2.27. The Hall–Kier alpha value is -4.00. The molecule has 0 unspecified atom stereocenters. The normalized spacial score (nSPS) is 13.7. The van der Waals surface area contributed by atoms with Crippen molar-refractivity contribution in [2.45, 2.75) is 52.1 Å². The van der Waals surface area contributed by atoms with Crippen molar-refractivity contribution in [1.29, 1.82) is 0 Å². The molecule has 0 spiro atoms. The van der Waals surface area contributed by atoms with Gasteiger partial charge in [0.05, 0.1) is 22.6 Å². The van der Waals surface area contributed by atoms with E-state index in [1.165, 1.54) is 6.42 Å². The van der Waals surface area contributed by atoms with Gasteiger partial charge >= 0.3 is 6.03 Å². The number of hydrogen-bond donors (Lipinski definition) is 3. The molecule has 180 valence electrons. The van der Waals surface area contributed by atoms with Gasteiger partial charge in [0.2, 0.25) is 0 Å². The molecule has 2 amide bonds. The van der Waals surface area contributed by atoms with E-state index in [9.17, 15) is 9.59 Å². The molecule has 35 heavy (non-hydrogen) atoms. The summed E-state index contributed by atoms with van der Waals surface area (Å²) in [6.45, 7) is 5.67. The third kappa shape index (κ3) is 4.18. The molecule has 0 radical (unpaired) electrons. The van der Waals surface area contributed by atoms with Crippen molar-refractivity contribution < 1.29 is 4.79 Å². The number of benzene rings is 2. The molecular formula is C28H31N5O2. The zero-order chi connectivity index (χ0) is 24.7. The van der Waals surface area contributed by atoms with Crippen molar-refractivity contribution in [3.8, 4) is 16.9 Å². The maximum Gasteiger partial charge on any atom is 0.319 e. The number of amides is 2. The summed E-state index contributed by atoms with van der Waals surface area (Å²) in [6, 6.07) is 17.7. The van der Waals surface area contributed by atoms with Gasteiger partial charge in [0.25, 0.3) is 5.56 Å². The van der Waals surface area contributed by atoms with E-state index in [1.54, 1.807) is 10.8 Å². The monoisotopic (exact) mass is 469 g/mol. The second kappa shape index (κ2) is 8.98. The van der Waals surface area contributed by atoms with Gasteiger partial charge in [-0.3, -0.25) is 9.36 Å². The van der Waals surface area contributed by atoms with Gasteiger partial charge in [-0.1, -0.05) is 18.2 Å². The fraction of sp³-hybridized carbons (Fsp3) is 0.286. The van der Waals surface area contributed by atoms with Gasteiger partial charge in [-0.05, 0) is 76.4 Å². The Morgan fingerprint density at radius 1 is 1.09 bits per heavy atom. The van der Waals surface area contributed by atoms with Gasteiger partial charge in [-0.2, -0.15) is 0 Å². The van der Waals surface area contributed by atoms with Crippen LogP contribution < -0.4 is 21.9 Å². The van der Waals surface area contributed by atoms with E-state index >= 15 is 0 Å². The Labute approximate surface area is 204 Å². The summed E-state index contributed by atoms with van der Waals surface area (Å²) in [5.41, 5.74) is 12.7. The van der Waals surface area contributed by atoms with E-state index in [-0.39, 0.29) is 17.6 Å². The van der Waals surface area contributed by atoms with Crippen LogP contribution in [-0.2, 0) is 0 Å². The molecule has 1 aliphatic rings. The zero-order valence-electron chi connectivity index (χ0n) is 20.3. The second-order valence-corrected chi connectivity index (χ2v) is 9.62. The Kier molecular flexibility index (Phi) is 5.84. The molecule has 1 aliphatic carbocycles. The van der Waals surface area contributed by atoms with Gasteiger partial charge < -0.3 is 20.9 Å². The van der Waals surface area contributed by atoms with Crippen LogP contribution in [0.4, 0.5) is 16.2 Å². The van der Waals surface area contributed by atoms with Crippen molar-refractivity contribution >= 4 is 28.3 Å². The van der Waals surface area contributed by atoms with Gasteiger partial charge in [0.1, 0.15) is 0 Å². The van der Waals surface area contributed by atoms with Crippen LogP contribution in [0.25, 0.3) is 27.8 Å². The molecule has 4 aromatic rings. The Morgan fingerprint density at radius 2 is 1.83 bits per heavy atom. The minimum absolute atomic E-state index is 0.0219. The largest absolute Gasteiger partial charge is 0.396 e. The number of carbonyl (C=O) groups excluding carboxylic acids is 1. The summed E-state index contributed by atoms with van der Waals surface area (Å²) < 4.78 is 4.03. The molecule has 0 saturated heterocycles. The molecular weight excluding hydrogens is 438 g/mol. The minimum Gasteiger partial charge on any atom is -0.396 e. The van der Waals surface area contributed by atoms with Crippen LogP contribution in [0.15, 0.2) is 65.6 Å². The quantitative estimate of drug-likeness (QED) is 0.355. The van der Waals surface area contributed by atoms with E-state index in [1.807, 2.05) is 69.3 Å². The van der Waals surface area contributed by atoms with E-state index in [0.29, 0.717) is 11.6 Å². The lowest BCUT2D eigenvalue weighted by molar-refractivity contribution is 0.250. The lowest BCUT2D eigenvalue weighted by atomic mass is 9.92. The fourth-order valence-corrected chi connectivity index (χ4v) is 4.74. The van der Waals surface area contributed by atoms with Gasteiger partial charge in [-0.25, -0.2) is 4.79 Å². The number of nitrogens with one attached hydrogen (secondary N) is 2. The average Bonchev–Trinajstić information content (AvgIpc) is 3.06. The molecule has 2 heterocycles. The molecule has 1 fully saturated rings. The first kappa shape index (κ1) is 22.8. The van der Waals surface area contributed by atoms with Crippen molar-refractivity contribution in [1.82, 2.24) is 14.5 Å². The number of aromatic nitrogens is 2. The number of carbonyl (C=O) groups is 1. The summed E-state index contributed by atoms with van der Waals surface area (Å²) >= 11 is 0. The summed E-state index contributed by atoms with van der Waals surface area (Å²) in [4.78, 5) is 24.8. The third-order valence-electron chi connectivity index (χ3n) is 6.72. The van der Waals surface area contributed by atoms with Crippen LogP contribution in [0.2, 0.25) is 0 Å². The molecule has 1 saturated carbocycles. The molecule has 2 aromatic heterocycles. The molecule has 4 N–H and O–H groups in total. The number of urea groups is 1. The van der Waals surface area contributed by atoms with Crippen LogP contribution in [0.1, 0.15) is 44.7 Å². The number of rotatable bonds is 5. The molecule has 0 aliphatic heterocycles. The summed E-state index contributed by atoms with van der Waals surface area (Å²) in [5, 5.41) is 6.68.